The summed E-state index contributed by atoms with van der Waals surface area (Å²) in [6.07, 6.45) is 3.03. The van der Waals surface area contributed by atoms with Crippen LogP contribution in [0.15, 0.2) is 27.5 Å². The number of hydrogen-bond acceptors (Lipinski definition) is 7. The molecule has 0 radical (unpaired) electrons. The Balaban J connectivity index is 2.14. The smallest absolute Gasteiger partial charge is 0.232 e. The summed E-state index contributed by atoms with van der Waals surface area (Å²) in [4.78, 5) is 17.3. The van der Waals surface area contributed by atoms with Gasteiger partial charge in [-0.15, -0.1) is 10.2 Å². The molecule has 0 saturated heterocycles. The second-order valence-corrected chi connectivity index (χ2v) is 9.29. The van der Waals surface area contributed by atoms with Gasteiger partial charge < -0.3 is 4.57 Å². The van der Waals surface area contributed by atoms with Gasteiger partial charge in [0.1, 0.15) is 5.65 Å². The lowest BCUT2D eigenvalue weighted by Gasteiger charge is -2.09. The van der Waals surface area contributed by atoms with Crippen LogP contribution in [0.25, 0.3) is 21.6 Å². The summed E-state index contributed by atoms with van der Waals surface area (Å²) in [7, 11) is -3.46. The second-order valence-electron chi connectivity index (χ2n) is 6.03. The standard InChI is InChI=1S/C17H20N4O3S2/c1-4-6-9-26(23,24)17-20-19-16(25-17)13-10-21(5-2)15-12(14(13)22)8-7-11(3)18-15/h7-8,10H,4-6,9H2,1-3H3. The van der Waals surface area contributed by atoms with E-state index in [4.69, 9.17) is 0 Å². The molecule has 3 rings (SSSR count). The molecule has 0 aliphatic rings. The van der Waals surface area contributed by atoms with Gasteiger partial charge in [0.2, 0.25) is 19.6 Å². The molecule has 0 atom stereocenters. The van der Waals surface area contributed by atoms with Crippen molar-refractivity contribution < 1.29 is 8.42 Å². The third kappa shape index (κ3) is 3.41. The van der Waals surface area contributed by atoms with Gasteiger partial charge in [-0.3, -0.25) is 4.79 Å². The Bertz CT molecular complexity index is 1120. The van der Waals surface area contributed by atoms with Gasteiger partial charge in [0.05, 0.1) is 16.7 Å². The summed E-state index contributed by atoms with van der Waals surface area (Å²) in [5.41, 5.74) is 1.57. The van der Waals surface area contributed by atoms with Crippen LogP contribution in [0.3, 0.4) is 0 Å². The Kier molecular flexibility index (Phi) is 5.19. The predicted octanol–water partition coefficient (Wildman–Crippen LogP) is 2.82. The highest BCUT2D eigenvalue weighted by Crippen LogP contribution is 2.26. The minimum atomic E-state index is -3.46. The fourth-order valence-corrected chi connectivity index (χ4v) is 5.21. The van der Waals surface area contributed by atoms with Crippen LogP contribution in [-0.2, 0) is 16.4 Å². The number of sulfone groups is 1. The number of pyridine rings is 2. The van der Waals surface area contributed by atoms with E-state index in [1.807, 2.05) is 25.3 Å². The summed E-state index contributed by atoms with van der Waals surface area (Å²) in [6, 6.07) is 3.53. The Hall–Kier alpha value is -2.13. The van der Waals surface area contributed by atoms with Crippen molar-refractivity contribution in [2.75, 3.05) is 5.75 Å². The molecule has 3 aromatic heterocycles. The zero-order valence-corrected chi connectivity index (χ0v) is 16.5. The van der Waals surface area contributed by atoms with E-state index in [0.29, 0.717) is 34.6 Å². The number of fused-ring (bicyclic) bond motifs is 1. The average molecular weight is 393 g/mol. The van der Waals surface area contributed by atoms with E-state index in [1.165, 1.54) is 0 Å². The number of nitrogens with zero attached hydrogens (tertiary/aromatic N) is 4. The minimum absolute atomic E-state index is 0.0365. The maximum atomic E-state index is 12.9. The molecule has 0 aliphatic carbocycles. The average Bonchev–Trinajstić information content (AvgIpc) is 3.11. The topological polar surface area (TPSA) is 94.8 Å². The number of rotatable bonds is 6. The van der Waals surface area contributed by atoms with Gasteiger partial charge in [0.15, 0.2) is 5.01 Å². The first-order valence-electron chi connectivity index (χ1n) is 8.44. The largest absolute Gasteiger partial charge is 0.332 e. The van der Waals surface area contributed by atoms with Crippen molar-refractivity contribution in [3.05, 3.63) is 34.2 Å². The van der Waals surface area contributed by atoms with Crippen LogP contribution < -0.4 is 5.43 Å². The second kappa shape index (κ2) is 7.24. The first-order chi connectivity index (χ1) is 12.4. The molecule has 3 heterocycles. The van der Waals surface area contributed by atoms with Crippen LogP contribution in [0.5, 0.6) is 0 Å². The molecule has 0 unspecified atom stereocenters. The monoisotopic (exact) mass is 392 g/mol. The zero-order valence-electron chi connectivity index (χ0n) is 14.9. The SMILES string of the molecule is CCCCS(=O)(=O)c1nnc(-c2cn(CC)c3nc(C)ccc3c2=O)s1. The lowest BCUT2D eigenvalue weighted by atomic mass is 10.2. The molecule has 0 N–H and O–H groups in total. The summed E-state index contributed by atoms with van der Waals surface area (Å²) in [5.74, 6) is 0.0399. The summed E-state index contributed by atoms with van der Waals surface area (Å²) in [6.45, 7) is 6.38. The van der Waals surface area contributed by atoms with E-state index in [9.17, 15) is 13.2 Å². The van der Waals surface area contributed by atoms with Gasteiger partial charge in [-0.2, -0.15) is 0 Å². The molecule has 0 spiro atoms. The van der Waals surface area contributed by atoms with E-state index in [-0.39, 0.29) is 15.5 Å². The Morgan fingerprint density at radius 3 is 2.65 bits per heavy atom. The van der Waals surface area contributed by atoms with Gasteiger partial charge >= 0.3 is 0 Å². The Labute approximate surface area is 155 Å². The molecule has 0 aromatic carbocycles. The molecular weight excluding hydrogens is 372 g/mol. The summed E-state index contributed by atoms with van der Waals surface area (Å²) < 4.78 is 26.4. The minimum Gasteiger partial charge on any atom is -0.332 e. The zero-order chi connectivity index (χ0) is 18.9. The van der Waals surface area contributed by atoms with E-state index >= 15 is 0 Å². The van der Waals surface area contributed by atoms with Gasteiger partial charge in [-0.1, -0.05) is 24.7 Å². The fraction of sp³-hybridized carbons (Fsp3) is 0.412. The molecule has 0 amide bonds. The number of aryl methyl sites for hydroxylation is 2. The molecule has 9 heteroatoms. The molecule has 0 fully saturated rings. The first kappa shape index (κ1) is 18.7. The van der Waals surface area contributed by atoms with Crippen molar-refractivity contribution >= 4 is 32.2 Å². The Morgan fingerprint density at radius 1 is 1.19 bits per heavy atom. The molecule has 7 nitrogen and oxygen atoms in total. The van der Waals surface area contributed by atoms with Gasteiger partial charge in [0, 0.05) is 18.4 Å². The molecule has 0 saturated carbocycles. The van der Waals surface area contributed by atoms with E-state index in [0.717, 1.165) is 23.5 Å². The fourth-order valence-electron chi connectivity index (χ4n) is 2.62. The molecular formula is C17H20N4O3S2. The van der Waals surface area contributed by atoms with Crippen molar-refractivity contribution in [1.82, 2.24) is 19.7 Å². The van der Waals surface area contributed by atoms with Crippen molar-refractivity contribution in [2.24, 2.45) is 0 Å². The van der Waals surface area contributed by atoms with Gasteiger partial charge in [0.25, 0.3) is 0 Å². The van der Waals surface area contributed by atoms with E-state index in [1.54, 1.807) is 18.3 Å². The van der Waals surface area contributed by atoms with Gasteiger partial charge in [-0.05, 0) is 32.4 Å². The third-order valence-corrected chi connectivity index (χ3v) is 7.27. The summed E-state index contributed by atoms with van der Waals surface area (Å²) in [5, 5.41) is 8.60. The van der Waals surface area contributed by atoms with Crippen molar-refractivity contribution in [3.8, 4) is 10.6 Å². The van der Waals surface area contributed by atoms with Crippen LogP contribution in [0.4, 0.5) is 0 Å². The van der Waals surface area contributed by atoms with Crippen LogP contribution in [-0.4, -0.2) is 33.9 Å². The van der Waals surface area contributed by atoms with E-state index < -0.39 is 9.84 Å². The van der Waals surface area contributed by atoms with Gasteiger partial charge in [-0.25, -0.2) is 13.4 Å². The van der Waals surface area contributed by atoms with Crippen LogP contribution >= 0.6 is 11.3 Å². The molecule has 138 valence electrons. The lowest BCUT2D eigenvalue weighted by molar-refractivity contribution is 0.590. The van der Waals surface area contributed by atoms with Crippen molar-refractivity contribution in [1.29, 1.82) is 0 Å². The van der Waals surface area contributed by atoms with Crippen LogP contribution in [0, 0.1) is 6.92 Å². The third-order valence-electron chi connectivity index (χ3n) is 4.07. The lowest BCUT2D eigenvalue weighted by Crippen LogP contribution is -2.13. The maximum absolute atomic E-state index is 12.9. The first-order valence-corrected chi connectivity index (χ1v) is 10.9. The van der Waals surface area contributed by atoms with Crippen molar-refractivity contribution in [3.63, 3.8) is 0 Å². The highest BCUT2D eigenvalue weighted by Gasteiger charge is 2.22. The summed E-state index contributed by atoms with van der Waals surface area (Å²) >= 11 is 0.944. The highest BCUT2D eigenvalue weighted by molar-refractivity contribution is 7.93. The number of aromatic nitrogens is 4. The predicted molar refractivity (Wildman–Crippen MR) is 102 cm³/mol. The normalized spacial score (nSPS) is 12.0. The number of hydrogen-bond donors (Lipinski definition) is 0. The molecule has 0 aliphatic heterocycles. The maximum Gasteiger partial charge on any atom is 0.232 e. The van der Waals surface area contributed by atoms with E-state index in [2.05, 4.69) is 15.2 Å². The molecule has 0 bridgehead atoms. The van der Waals surface area contributed by atoms with Crippen molar-refractivity contribution in [2.45, 2.75) is 44.5 Å². The van der Waals surface area contributed by atoms with Crippen LogP contribution in [0.2, 0.25) is 0 Å². The molecule has 26 heavy (non-hydrogen) atoms. The quantitative estimate of drug-likeness (QED) is 0.640. The molecule has 3 aromatic rings. The number of unbranched alkanes of at least 4 members (excludes halogenated alkanes) is 1. The Morgan fingerprint density at radius 2 is 1.96 bits per heavy atom. The van der Waals surface area contributed by atoms with Crippen LogP contribution in [0.1, 0.15) is 32.4 Å². The highest BCUT2D eigenvalue weighted by atomic mass is 32.2.